The standard InChI is InChI=1S/C15H11FO2/c1-9-5-12(10-3-2-4-11(16)7-10)15-13(6-9)14(17)8-18-15/h2-7H,8H2,1H3. The Morgan fingerprint density at radius 3 is 2.72 bits per heavy atom. The summed E-state index contributed by atoms with van der Waals surface area (Å²) >= 11 is 0. The van der Waals surface area contributed by atoms with Gasteiger partial charge in [-0.3, -0.25) is 4.79 Å². The largest absolute Gasteiger partial charge is 0.484 e. The molecule has 0 N–H and O–H groups in total. The van der Waals surface area contributed by atoms with Crippen LogP contribution in [0.4, 0.5) is 4.39 Å². The lowest BCUT2D eigenvalue weighted by Crippen LogP contribution is -1.98. The van der Waals surface area contributed by atoms with Crippen molar-refractivity contribution in [2.24, 2.45) is 0 Å². The molecular weight excluding hydrogens is 231 g/mol. The maximum Gasteiger partial charge on any atom is 0.203 e. The number of Topliss-reactive ketones (excluding diaryl/α,β-unsaturated/α-hetero) is 1. The lowest BCUT2D eigenvalue weighted by atomic mass is 9.98. The van der Waals surface area contributed by atoms with Crippen molar-refractivity contribution in [2.45, 2.75) is 6.92 Å². The Kier molecular flexibility index (Phi) is 2.40. The number of ketones is 1. The molecule has 0 unspecified atom stereocenters. The Morgan fingerprint density at radius 2 is 1.94 bits per heavy atom. The SMILES string of the molecule is Cc1cc2c(c(-c3cccc(F)c3)c1)OCC2=O. The number of hydrogen-bond acceptors (Lipinski definition) is 2. The summed E-state index contributed by atoms with van der Waals surface area (Å²) < 4.78 is 18.7. The molecule has 0 fully saturated rings. The van der Waals surface area contributed by atoms with Crippen molar-refractivity contribution in [3.63, 3.8) is 0 Å². The fraction of sp³-hybridized carbons (Fsp3) is 0.133. The van der Waals surface area contributed by atoms with Gasteiger partial charge in [-0.05, 0) is 42.3 Å². The molecular formula is C15H11FO2. The monoisotopic (exact) mass is 242 g/mol. The average Bonchev–Trinajstić information content (AvgIpc) is 2.70. The summed E-state index contributed by atoms with van der Waals surface area (Å²) in [6.45, 7) is 1.98. The minimum absolute atomic E-state index is 0.0219. The van der Waals surface area contributed by atoms with Gasteiger partial charge in [-0.15, -0.1) is 0 Å². The molecule has 0 saturated heterocycles. The van der Waals surface area contributed by atoms with Crippen LogP contribution in [-0.2, 0) is 0 Å². The van der Waals surface area contributed by atoms with Gasteiger partial charge < -0.3 is 4.74 Å². The van der Waals surface area contributed by atoms with Crippen LogP contribution in [0.25, 0.3) is 11.1 Å². The van der Waals surface area contributed by atoms with Crippen LogP contribution >= 0.6 is 0 Å². The van der Waals surface area contributed by atoms with Crippen LogP contribution in [0.2, 0.25) is 0 Å². The number of hydrogen-bond donors (Lipinski definition) is 0. The summed E-state index contributed by atoms with van der Waals surface area (Å²) in [5.41, 5.74) is 3.06. The third kappa shape index (κ3) is 1.68. The minimum Gasteiger partial charge on any atom is -0.484 e. The second kappa shape index (κ2) is 3.95. The summed E-state index contributed by atoms with van der Waals surface area (Å²) in [6.07, 6.45) is 0. The number of halogens is 1. The number of aryl methyl sites for hydroxylation is 1. The molecule has 0 aromatic heterocycles. The van der Waals surface area contributed by atoms with E-state index in [-0.39, 0.29) is 18.2 Å². The van der Waals surface area contributed by atoms with Gasteiger partial charge >= 0.3 is 0 Å². The van der Waals surface area contributed by atoms with Gasteiger partial charge in [-0.25, -0.2) is 4.39 Å². The summed E-state index contributed by atoms with van der Waals surface area (Å²) in [7, 11) is 0. The Hall–Kier alpha value is -2.16. The number of fused-ring (bicyclic) bond motifs is 1. The molecule has 1 aliphatic rings. The number of benzene rings is 2. The van der Waals surface area contributed by atoms with Crippen molar-refractivity contribution in [1.29, 1.82) is 0 Å². The van der Waals surface area contributed by atoms with E-state index in [2.05, 4.69) is 0 Å². The van der Waals surface area contributed by atoms with E-state index in [4.69, 9.17) is 4.74 Å². The van der Waals surface area contributed by atoms with Crippen molar-refractivity contribution in [3.8, 4) is 16.9 Å². The Bertz CT molecular complexity index is 647. The first kappa shape index (κ1) is 11.0. The first-order chi connectivity index (χ1) is 8.65. The lowest BCUT2D eigenvalue weighted by Gasteiger charge is -2.09. The van der Waals surface area contributed by atoms with Gasteiger partial charge in [0.1, 0.15) is 11.6 Å². The topological polar surface area (TPSA) is 26.3 Å². The Labute approximate surface area is 104 Å². The van der Waals surface area contributed by atoms with E-state index in [1.165, 1.54) is 12.1 Å². The summed E-state index contributed by atoms with van der Waals surface area (Å²) in [6, 6.07) is 10.0. The van der Waals surface area contributed by atoms with Crippen LogP contribution < -0.4 is 4.74 Å². The van der Waals surface area contributed by atoms with Crippen LogP contribution in [0.3, 0.4) is 0 Å². The molecule has 1 heterocycles. The molecule has 0 bridgehead atoms. The highest BCUT2D eigenvalue weighted by Gasteiger charge is 2.25. The number of ether oxygens (including phenoxy) is 1. The summed E-state index contributed by atoms with van der Waals surface area (Å²) in [5, 5.41) is 0. The van der Waals surface area contributed by atoms with Crippen molar-refractivity contribution >= 4 is 5.78 Å². The van der Waals surface area contributed by atoms with Gasteiger partial charge in [0.05, 0.1) is 5.56 Å². The molecule has 0 spiro atoms. The molecule has 0 saturated carbocycles. The predicted molar refractivity (Wildman–Crippen MR) is 66.4 cm³/mol. The van der Waals surface area contributed by atoms with Gasteiger partial charge in [-0.1, -0.05) is 12.1 Å². The molecule has 3 rings (SSSR count). The second-order valence-corrected chi connectivity index (χ2v) is 4.41. The molecule has 0 atom stereocenters. The van der Waals surface area contributed by atoms with Gasteiger partial charge in [0.25, 0.3) is 0 Å². The van der Waals surface area contributed by atoms with E-state index in [0.29, 0.717) is 11.3 Å². The van der Waals surface area contributed by atoms with Crippen molar-refractivity contribution in [1.82, 2.24) is 0 Å². The van der Waals surface area contributed by atoms with E-state index in [0.717, 1.165) is 16.7 Å². The van der Waals surface area contributed by atoms with Crippen LogP contribution in [0.15, 0.2) is 36.4 Å². The first-order valence-corrected chi connectivity index (χ1v) is 5.72. The van der Waals surface area contributed by atoms with E-state index >= 15 is 0 Å². The predicted octanol–water partition coefficient (Wildman–Crippen LogP) is 3.38. The van der Waals surface area contributed by atoms with E-state index in [1.807, 2.05) is 25.1 Å². The molecule has 90 valence electrons. The molecule has 18 heavy (non-hydrogen) atoms. The normalized spacial score (nSPS) is 13.3. The van der Waals surface area contributed by atoms with Gasteiger partial charge in [0.2, 0.25) is 5.78 Å². The van der Waals surface area contributed by atoms with Gasteiger partial charge in [0.15, 0.2) is 6.61 Å². The van der Waals surface area contributed by atoms with Crippen LogP contribution in [0.5, 0.6) is 5.75 Å². The van der Waals surface area contributed by atoms with E-state index in [9.17, 15) is 9.18 Å². The first-order valence-electron chi connectivity index (χ1n) is 5.72. The Morgan fingerprint density at radius 1 is 1.17 bits per heavy atom. The number of carbonyl (C=O) groups excluding carboxylic acids is 1. The molecule has 2 aromatic carbocycles. The Balaban J connectivity index is 2.24. The van der Waals surface area contributed by atoms with E-state index in [1.54, 1.807) is 6.07 Å². The highest BCUT2D eigenvalue weighted by molar-refractivity contribution is 6.04. The van der Waals surface area contributed by atoms with E-state index < -0.39 is 0 Å². The quantitative estimate of drug-likeness (QED) is 0.766. The smallest absolute Gasteiger partial charge is 0.203 e. The zero-order valence-electron chi connectivity index (χ0n) is 9.87. The molecule has 0 amide bonds. The van der Waals surface area contributed by atoms with Crippen LogP contribution in [0.1, 0.15) is 15.9 Å². The molecule has 1 aliphatic heterocycles. The van der Waals surface area contributed by atoms with Crippen LogP contribution in [-0.4, -0.2) is 12.4 Å². The minimum atomic E-state index is -0.299. The molecule has 3 heteroatoms. The highest BCUT2D eigenvalue weighted by atomic mass is 19.1. The van der Waals surface area contributed by atoms with Crippen molar-refractivity contribution < 1.29 is 13.9 Å². The zero-order valence-corrected chi connectivity index (χ0v) is 9.87. The van der Waals surface area contributed by atoms with Gasteiger partial charge in [-0.2, -0.15) is 0 Å². The van der Waals surface area contributed by atoms with Crippen molar-refractivity contribution in [3.05, 3.63) is 53.3 Å². The molecule has 2 aromatic rings. The fourth-order valence-corrected chi connectivity index (χ4v) is 2.22. The maximum atomic E-state index is 13.3. The fourth-order valence-electron chi connectivity index (χ4n) is 2.22. The molecule has 0 aliphatic carbocycles. The van der Waals surface area contributed by atoms with Crippen LogP contribution in [0, 0.1) is 12.7 Å². The van der Waals surface area contributed by atoms with Crippen molar-refractivity contribution in [2.75, 3.05) is 6.61 Å². The number of carbonyl (C=O) groups is 1. The third-order valence-corrected chi connectivity index (χ3v) is 3.02. The lowest BCUT2D eigenvalue weighted by molar-refractivity contribution is 0.0961. The molecule has 2 nitrogen and oxygen atoms in total. The highest BCUT2D eigenvalue weighted by Crippen LogP contribution is 2.37. The zero-order chi connectivity index (χ0) is 12.7. The summed E-state index contributed by atoms with van der Waals surface area (Å²) in [4.78, 5) is 11.7. The second-order valence-electron chi connectivity index (χ2n) is 4.41. The third-order valence-electron chi connectivity index (χ3n) is 3.02. The average molecular weight is 242 g/mol. The van der Waals surface area contributed by atoms with Gasteiger partial charge in [0, 0.05) is 5.56 Å². The maximum absolute atomic E-state index is 13.3. The summed E-state index contributed by atoms with van der Waals surface area (Å²) in [5.74, 6) is 0.245. The number of rotatable bonds is 1. The molecule has 0 radical (unpaired) electrons.